The molecule has 0 atom stereocenters. The van der Waals surface area contributed by atoms with E-state index in [0.29, 0.717) is 0 Å². The molecule has 2 rings (SSSR count). The molecule has 0 saturated carbocycles. The van der Waals surface area contributed by atoms with Crippen LogP contribution in [0.3, 0.4) is 0 Å². The molecule has 0 aromatic heterocycles. The Hall–Kier alpha value is 0.358. The largest absolute Gasteiger partial charge is 1.00 e. The van der Waals surface area contributed by atoms with E-state index in [4.69, 9.17) is 9.95 Å². The number of benzene rings is 1. The molecule has 0 radical (unpaired) electrons. The molecule has 78 valence electrons. The minimum atomic E-state index is -1.89. The van der Waals surface area contributed by atoms with Gasteiger partial charge >= 0.3 is 86.9 Å². The second-order valence-corrected chi connectivity index (χ2v) is 13.7. The van der Waals surface area contributed by atoms with Crippen LogP contribution in [0.5, 0.6) is 0 Å². The molecule has 0 unspecified atom stereocenters. The Morgan fingerprint density at radius 3 is 2.07 bits per heavy atom. The Bertz CT molecular complexity index is 268. The first kappa shape index (κ1) is 12.4. The van der Waals surface area contributed by atoms with Gasteiger partial charge in [0.25, 0.3) is 0 Å². The van der Waals surface area contributed by atoms with E-state index in [2.05, 4.69) is 30.3 Å². The number of hydrogen-bond donors (Lipinski definition) is 0. The Balaban J connectivity index is 0.000000980. The van der Waals surface area contributed by atoms with Gasteiger partial charge < -0.3 is 12.4 Å². The molecule has 0 amide bonds. The molecule has 1 fully saturated rings. The van der Waals surface area contributed by atoms with Gasteiger partial charge in [0.15, 0.2) is 0 Å². The number of hydrogen-bond acceptors (Lipinski definition) is 0. The smallest absolute Gasteiger partial charge is 1.00 e. The van der Waals surface area contributed by atoms with Crippen LogP contribution in [0.4, 0.5) is 0 Å². The molecule has 0 aliphatic carbocycles. The van der Waals surface area contributed by atoms with Crippen LogP contribution in [0.15, 0.2) is 30.3 Å². The van der Waals surface area contributed by atoms with Crippen molar-refractivity contribution in [3.05, 3.63) is 30.3 Å². The van der Waals surface area contributed by atoms with Gasteiger partial charge in [0.05, 0.1) is 0 Å². The normalized spacial score (nSPS) is 19.8. The van der Waals surface area contributed by atoms with Crippen LogP contribution >= 0.6 is 9.95 Å². The fourth-order valence-corrected chi connectivity index (χ4v) is 9.87. The minimum absolute atomic E-state index is 0. The van der Waals surface area contributed by atoms with Crippen molar-refractivity contribution in [3.8, 4) is 0 Å². The monoisotopic (exact) mass is 292 g/mol. The average molecular weight is 293 g/mol. The molecule has 1 aliphatic heterocycles. The predicted molar refractivity (Wildman–Crippen MR) is 61.1 cm³/mol. The quantitative estimate of drug-likeness (QED) is 0.652. The van der Waals surface area contributed by atoms with Crippen molar-refractivity contribution >= 4 is 26.9 Å². The SMILES string of the molecule is Cl[As+]1(c2ccccc2)CCCCC1.[Cl-]. The summed E-state index contributed by atoms with van der Waals surface area (Å²) < 4.78 is 1.47. The maximum Gasteiger partial charge on any atom is -1.00 e. The molecule has 1 aromatic rings. The first-order chi connectivity index (χ1) is 6.31. The van der Waals surface area contributed by atoms with E-state index >= 15 is 0 Å². The van der Waals surface area contributed by atoms with Crippen molar-refractivity contribution in [1.29, 1.82) is 0 Å². The maximum absolute atomic E-state index is 6.77. The van der Waals surface area contributed by atoms with Crippen molar-refractivity contribution in [2.45, 2.75) is 29.7 Å². The Kier molecular flexibility index (Phi) is 4.83. The van der Waals surface area contributed by atoms with Crippen molar-refractivity contribution in [2.24, 2.45) is 0 Å². The third-order valence-corrected chi connectivity index (χ3v) is 12.4. The third-order valence-electron chi connectivity index (χ3n) is 2.74. The van der Waals surface area contributed by atoms with Gasteiger partial charge in [-0.2, -0.15) is 0 Å². The minimum Gasteiger partial charge on any atom is -1.00 e. The third kappa shape index (κ3) is 2.69. The molecule has 0 bridgehead atoms. The van der Waals surface area contributed by atoms with Crippen molar-refractivity contribution in [3.63, 3.8) is 0 Å². The topological polar surface area (TPSA) is 0 Å². The predicted octanol–water partition coefficient (Wildman–Crippen LogP) is 0.266. The van der Waals surface area contributed by atoms with Gasteiger partial charge in [0, 0.05) is 0 Å². The summed E-state index contributed by atoms with van der Waals surface area (Å²) >= 11 is -1.89. The van der Waals surface area contributed by atoms with Gasteiger partial charge in [0.2, 0.25) is 0 Å². The number of halogens is 2. The van der Waals surface area contributed by atoms with Crippen LogP contribution in [-0.4, -0.2) is 12.6 Å². The van der Waals surface area contributed by atoms with Gasteiger partial charge in [-0.1, -0.05) is 0 Å². The summed E-state index contributed by atoms with van der Waals surface area (Å²) in [6.45, 7) is 0. The Labute approximate surface area is 99.1 Å². The Morgan fingerprint density at radius 2 is 1.50 bits per heavy atom. The Morgan fingerprint density at radius 1 is 0.929 bits per heavy atom. The molecule has 3 heteroatoms. The van der Waals surface area contributed by atoms with E-state index in [-0.39, 0.29) is 12.4 Å². The molecule has 1 saturated heterocycles. The molecule has 14 heavy (non-hydrogen) atoms. The van der Waals surface area contributed by atoms with Crippen molar-refractivity contribution < 1.29 is 12.4 Å². The van der Waals surface area contributed by atoms with Gasteiger partial charge in [-0.3, -0.25) is 0 Å². The molecule has 1 aliphatic rings. The second kappa shape index (κ2) is 5.44. The standard InChI is InChI=1S/C11H15AsCl.ClH/c13-12(9-5-2-6-10-12)11-7-3-1-4-8-11;/h1,3-4,7-8H,2,5-6,9-10H2;1H/q+1;/p-1. The summed E-state index contributed by atoms with van der Waals surface area (Å²) in [6.07, 6.45) is 4.10. The maximum atomic E-state index is 6.77. The molecule has 0 spiro atoms. The van der Waals surface area contributed by atoms with E-state index in [1.54, 1.807) is 0 Å². The summed E-state index contributed by atoms with van der Waals surface area (Å²) in [5, 5.41) is 2.62. The summed E-state index contributed by atoms with van der Waals surface area (Å²) in [7, 11) is 6.77. The van der Waals surface area contributed by atoms with E-state index in [0.717, 1.165) is 0 Å². The van der Waals surface area contributed by atoms with Crippen LogP contribution in [0.1, 0.15) is 19.3 Å². The van der Waals surface area contributed by atoms with Gasteiger partial charge in [0.1, 0.15) is 0 Å². The van der Waals surface area contributed by atoms with Crippen LogP contribution in [-0.2, 0) is 0 Å². The fraction of sp³-hybridized carbons (Fsp3) is 0.455. The zero-order valence-electron chi connectivity index (χ0n) is 8.13. The van der Waals surface area contributed by atoms with E-state index in [1.807, 2.05) is 0 Å². The van der Waals surface area contributed by atoms with Crippen LogP contribution in [0.25, 0.3) is 0 Å². The van der Waals surface area contributed by atoms with Crippen LogP contribution < -0.4 is 16.8 Å². The zero-order valence-corrected chi connectivity index (χ0v) is 11.5. The zero-order chi connectivity index (χ0) is 9.15. The van der Waals surface area contributed by atoms with Gasteiger partial charge in [-0.25, -0.2) is 0 Å². The van der Waals surface area contributed by atoms with E-state index < -0.39 is 12.6 Å². The van der Waals surface area contributed by atoms with Crippen LogP contribution in [0.2, 0.25) is 10.4 Å². The van der Waals surface area contributed by atoms with E-state index in [9.17, 15) is 0 Å². The average Bonchev–Trinajstić information content (AvgIpc) is 2.20. The second-order valence-electron chi connectivity index (χ2n) is 3.71. The van der Waals surface area contributed by atoms with Crippen molar-refractivity contribution in [1.82, 2.24) is 0 Å². The van der Waals surface area contributed by atoms with Gasteiger partial charge in [-0.05, 0) is 0 Å². The van der Waals surface area contributed by atoms with E-state index in [1.165, 1.54) is 34.0 Å². The van der Waals surface area contributed by atoms with Crippen molar-refractivity contribution in [2.75, 3.05) is 0 Å². The molecule has 1 heterocycles. The summed E-state index contributed by atoms with van der Waals surface area (Å²) in [5.41, 5.74) is 0. The molecular weight excluding hydrogens is 278 g/mol. The first-order valence-electron chi connectivity index (χ1n) is 4.94. The summed E-state index contributed by atoms with van der Waals surface area (Å²) in [5.74, 6) is 0. The molecular formula is C11H15AsCl2. The van der Waals surface area contributed by atoms with Crippen LogP contribution in [0, 0.1) is 0 Å². The molecule has 1 aromatic carbocycles. The fourth-order valence-electron chi connectivity index (χ4n) is 1.97. The summed E-state index contributed by atoms with van der Waals surface area (Å²) in [6, 6.07) is 10.8. The molecule has 0 nitrogen and oxygen atoms in total. The van der Waals surface area contributed by atoms with Gasteiger partial charge in [-0.15, -0.1) is 0 Å². The summed E-state index contributed by atoms with van der Waals surface area (Å²) in [4.78, 5) is 0. The molecule has 0 N–H and O–H groups in total. The first-order valence-corrected chi connectivity index (χ1v) is 11.0. The number of rotatable bonds is 1.